The predicted octanol–water partition coefficient (Wildman–Crippen LogP) is 4.95. The van der Waals surface area contributed by atoms with E-state index in [-0.39, 0.29) is 35.5 Å². The topological polar surface area (TPSA) is 67.9 Å². The monoisotopic (exact) mass is 441 g/mol. The molecule has 5 nitrogen and oxygen atoms in total. The van der Waals surface area contributed by atoms with Gasteiger partial charge in [0.05, 0.1) is 6.54 Å². The second-order valence-corrected chi connectivity index (χ2v) is 11.3. The maximum absolute atomic E-state index is 16.6. The molecule has 6 heteroatoms. The van der Waals surface area contributed by atoms with Gasteiger partial charge in [0.2, 0.25) is 0 Å². The first-order valence-corrected chi connectivity index (χ1v) is 12.5. The highest BCUT2D eigenvalue weighted by molar-refractivity contribution is 5.82. The lowest BCUT2D eigenvalue weighted by Gasteiger charge is -2.58. The Morgan fingerprint density at radius 1 is 1.25 bits per heavy atom. The molecular weight excluding hydrogens is 405 g/mol. The molecule has 0 N–H and O–H groups in total. The number of nitrogens with zero attached hydrogens (tertiary/aromatic N) is 3. The molecule has 0 aliphatic heterocycles. The first kappa shape index (κ1) is 22.1. The number of rotatable bonds is 5. The molecule has 5 rings (SSSR count). The van der Waals surface area contributed by atoms with E-state index in [1.165, 1.54) is 0 Å². The Morgan fingerprint density at radius 2 is 2.09 bits per heavy atom. The van der Waals surface area contributed by atoms with Crippen molar-refractivity contribution >= 4 is 5.78 Å². The molecule has 1 aromatic heterocycles. The van der Waals surface area contributed by atoms with Crippen molar-refractivity contribution in [1.29, 1.82) is 5.26 Å². The third-order valence-corrected chi connectivity index (χ3v) is 10.00. The number of ether oxygens (including phenoxy) is 1. The molecule has 0 radical (unpaired) electrons. The van der Waals surface area contributed by atoms with Gasteiger partial charge in [0.1, 0.15) is 11.7 Å². The van der Waals surface area contributed by atoms with Crippen LogP contribution in [0.5, 0.6) is 0 Å². The summed E-state index contributed by atoms with van der Waals surface area (Å²) in [5.74, 6) is 1.99. The van der Waals surface area contributed by atoms with Gasteiger partial charge in [-0.2, -0.15) is 10.4 Å². The van der Waals surface area contributed by atoms with Crippen molar-refractivity contribution in [1.82, 2.24) is 9.78 Å². The number of alkyl halides is 1. The number of Topliss-reactive ketones (excluding diaryl/α,β-unsaturated/α-hetero) is 1. The second-order valence-electron chi connectivity index (χ2n) is 11.3. The van der Waals surface area contributed by atoms with Gasteiger partial charge in [-0.1, -0.05) is 6.92 Å². The summed E-state index contributed by atoms with van der Waals surface area (Å²) in [5, 5.41) is 13.2. The van der Waals surface area contributed by atoms with E-state index in [9.17, 15) is 4.79 Å². The molecule has 4 aliphatic rings. The van der Waals surface area contributed by atoms with Crippen LogP contribution in [-0.2, 0) is 16.1 Å². The third kappa shape index (κ3) is 3.43. The fourth-order valence-corrected chi connectivity index (χ4v) is 8.57. The van der Waals surface area contributed by atoms with Crippen molar-refractivity contribution in [3.05, 3.63) is 18.0 Å². The lowest BCUT2D eigenvalue weighted by atomic mass is 9.48. The maximum atomic E-state index is 16.6. The summed E-state index contributed by atoms with van der Waals surface area (Å²) in [5.41, 5.74) is -0.696. The summed E-state index contributed by atoms with van der Waals surface area (Å²) >= 11 is 0. The first-order valence-electron chi connectivity index (χ1n) is 12.5. The van der Waals surface area contributed by atoms with Crippen molar-refractivity contribution in [2.45, 2.75) is 76.9 Å². The van der Waals surface area contributed by atoms with Crippen LogP contribution in [-0.4, -0.2) is 34.9 Å². The van der Waals surface area contributed by atoms with E-state index < -0.39 is 5.67 Å². The van der Waals surface area contributed by atoms with Gasteiger partial charge in [-0.15, -0.1) is 0 Å². The Balaban J connectivity index is 1.31. The molecule has 4 aliphatic carbocycles. The van der Waals surface area contributed by atoms with Crippen LogP contribution in [0, 0.1) is 52.3 Å². The number of halogens is 1. The standard InChI is InChI=1S/C26H36FN3O2/c1-25-10-8-22-20(4-3-18-13-17(16-32-2)7-11-26(18,22)27)21(25)5-6-23(25)24(31)15-30-12-9-19(14-28)29-30/h9,12,17-18,20-23H,3-8,10-11,13,15-16H2,1-2H3/t17-,18+,20-,21?,22?,23+,25-,26+/m0/s1. The molecule has 174 valence electrons. The van der Waals surface area contributed by atoms with Crippen LogP contribution in [0.4, 0.5) is 4.39 Å². The van der Waals surface area contributed by atoms with E-state index in [1.807, 2.05) is 6.07 Å². The Bertz CT molecular complexity index is 909. The summed E-state index contributed by atoms with van der Waals surface area (Å²) in [6.07, 6.45) is 10.3. The number of carbonyl (C=O) groups excluding carboxylic acids is 1. The molecule has 4 fully saturated rings. The molecule has 0 amide bonds. The molecule has 1 heterocycles. The summed E-state index contributed by atoms with van der Waals surface area (Å²) in [6, 6.07) is 3.68. The van der Waals surface area contributed by atoms with Crippen LogP contribution in [0.1, 0.15) is 70.4 Å². The van der Waals surface area contributed by atoms with Crippen LogP contribution < -0.4 is 0 Å². The highest BCUT2D eigenvalue weighted by Crippen LogP contribution is 2.66. The zero-order valence-corrected chi connectivity index (χ0v) is 19.4. The molecule has 1 aromatic rings. The Labute approximate surface area is 190 Å². The zero-order valence-electron chi connectivity index (χ0n) is 19.4. The van der Waals surface area contributed by atoms with Crippen molar-refractivity contribution in [2.24, 2.45) is 40.9 Å². The molecule has 0 aromatic carbocycles. The maximum Gasteiger partial charge on any atom is 0.162 e. The number of hydrogen-bond acceptors (Lipinski definition) is 4. The SMILES string of the molecule is COC[C@H]1CC[C@]2(F)C3CC[C@@]4(C)C(CC[C@@H]4C(=O)Cn4ccc(C#N)n4)[C@@H]3CC[C@@H]2C1. The minimum absolute atomic E-state index is 0.0221. The lowest BCUT2D eigenvalue weighted by Crippen LogP contribution is -2.57. The van der Waals surface area contributed by atoms with Crippen molar-refractivity contribution in [2.75, 3.05) is 13.7 Å². The van der Waals surface area contributed by atoms with Gasteiger partial charge in [0.15, 0.2) is 11.5 Å². The quantitative estimate of drug-likeness (QED) is 0.649. The minimum atomic E-state index is -1.01. The summed E-state index contributed by atoms with van der Waals surface area (Å²) in [6.45, 7) is 3.30. The van der Waals surface area contributed by atoms with E-state index in [2.05, 4.69) is 12.0 Å². The van der Waals surface area contributed by atoms with E-state index >= 15 is 4.39 Å². The Kier molecular flexibility index (Phi) is 5.68. The first-order chi connectivity index (χ1) is 15.4. The molecule has 32 heavy (non-hydrogen) atoms. The average Bonchev–Trinajstić information content (AvgIpc) is 3.37. The number of aromatic nitrogens is 2. The molecular formula is C26H36FN3O2. The van der Waals surface area contributed by atoms with Crippen LogP contribution in [0.3, 0.4) is 0 Å². The second kappa shape index (κ2) is 8.24. The summed E-state index contributed by atoms with van der Waals surface area (Å²) in [4.78, 5) is 13.3. The van der Waals surface area contributed by atoms with Crippen LogP contribution >= 0.6 is 0 Å². The molecule has 2 unspecified atom stereocenters. The molecule has 0 bridgehead atoms. The minimum Gasteiger partial charge on any atom is -0.384 e. The number of nitriles is 1. The largest absolute Gasteiger partial charge is 0.384 e. The fourth-order valence-electron chi connectivity index (χ4n) is 8.57. The van der Waals surface area contributed by atoms with Crippen LogP contribution in [0.15, 0.2) is 12.3 Å². The summed E-state index contributed by atoms with van der Waals surface area (Å²) < 4.78 is 23.6. The van der Waals surface area contributed by atoms with Crippen LogP contribution in [0.2, 0.25) is 0 Å². The van der Waals surface area contributed by atoms with Gasteiger partial charge in [-0.05, 0) is 98.9 Å². The molecule has 0 saturated heterocycles. The summed E-state index contributed by atoms with van der Waals surface area (Å²) in [7, 11) is 1.75. The van der Waals surface area contributed by atoms with Gasteiger partial charge in [0, 0.05) is 25.8 Å². The van der Waals surface area contributed by atoms with Gasteiger partial charge in [-0.3, -0.25) is 9.48 Å². The number of carbonyl (C=O) groups is 1. The Hall–Kier alpha value is -1.74. The fraction of sp³-hybridized carbons (Fsp3) is 0.808. The van der Waals surface area contributed by atoms with E-state index in [1.54, 1.807) is 24.1 Å². The van der Waals surface area contributed by atoms with Crippen LogP contribution in [0.25, 0.3) is 0 Å². The van der Waals surface area contributed by atoms with Crippen molar-refractivity contribution in [3.63, 3.8) is 0 Å². The van der Waals surface area contributed by atoms with E-state index in [0.717, 1.165) is 58.0 Å². The normalized spacial score (nSPS) is 43.1. The zero-order chi connectivity index (χ0) is 22.5. The van der Waals surface area contributed by atoms with Crippen molar-refractivity contribution in [3.8, 4) is 6.07 Å². The highest BCUT2D eigenvalue weighted by atomic mass is 19.1. The highest BCUT2D eigenvalue weighted by Gasteiger charge is 2.62. The van der Waals surface area contributed by atoms with Crippen molar-refractivity contribution < 1.29 is 13.9 Å². The van der Waals surface area contributed by atoms with Gasteiger partial charge in [-0.25, -0.2) is 4.39 Å². The van der Waals surface area contributed by atoms with E-state index in [4.69, 9.17) is 10.00 Å². The van der Waals surface area contributed by atoms with Gasteiger partial charge < -0.3 is 4.74 Å². The third-order valence-electron chi connectivity index (χ3n) is 10.00. The molecule has 0 spiro atoms. The number of ketones is 1. The molecule has 4 saturated carbocycles. The lowest BCUT2D eigenvalue weighted by molar-refractivity contribution is -0.148. The van der Waals surface area contributed by atoms with E-state index in [0.29, 0.717) is 29.9 Å². The average molecular weight is 442 g/mol. The number of fused-ring (bicyclic) bond motifs is 5. The predicted molar refractivity (Wildman–Crippen MR) is 118 cm³/mol. The van der Waals surface area contributed by atoms with Gasteiger partial charge >= 0.3 is 0 Å². The Morgan fingerprint density at radius 3 is 2.84 bits per heavy atom. The number of hydrogen-bond donors (Lipinski definition) is 0. The number of methoxy groups -OCH3 is 1. The molecule has 8 atom stereocenters. The smallest absolute Gasteiger partial charge is 0.162 e. The van der Waals surface area contributed by atoms with Gasteiger partial charge in [0.25, 0.3) is 0 Å².